The lowest BCUT2D eigenvalue weighted by atomic mass is 9.87. The average Bonchev–Trinajstić information content (AvgIpc) is 2.58. The SMILES string of the molecule is CC(C)(C)c1ccc(C(=O)OCC(=O)Nc2ccccc2C(F)(F)F)cc1. The van der Waals surface area contributed by atoms with Crippen LogP contribution < -0.4 is 5.32 Å². The molecule has 0 saturated carbocycles. The third kappa shape index (κ3) is 5.57. The third-order valence-electron chi connectivity index (χ3n) is 3.83. The zero-order valence-electron chi connectivity index (χ0n) is 15.2. The number of hydrogen-bond acceptors (Lipinski definition) is 3. The van der Waals surface area contributed by atoms with E-state index in [2.05, 4.69) is 5.32 Å². The molecule has 0 heterocycles. The van der Waals surface area contributed by atoms with E-state index in [4.69, 9.17) is 4.74 Å². The number of benzene rings is 2. The van der Waals surface area contributed by atoms with Crippen molar-refractivity contribution in [2.45, 2.75) is 32.4 Å². The molecule has 0 radical (unpaired) electrons. The van der Waals surface area contributed by atoms with Gasteiger partial charge in [0.1, 0.15) is 0 Å². The van der Waals surface area contributed by atoms with Crippen LogP contribution in [-0.4, -0.2) is 18.5 Å². The molecule has 0 spiro atoms. The predicted molar refractivity (Wildman–Crippen MR) is 95.5 cm³/mol. The van der Waals surface area contributed by atoms with E-state index >= 15 is 0 Å². The minimum Gasteiger partial charge on any atom is -0.452 e. The maximum atomic E-state index is 12.9. The van der Waals surface area contributed by atoms with Crippen molar-refractivity contribution < 1.29 is 27.5 Å². The van der Waals surface area contributed by atoms with E-state index in [9.17, 15) is 22.8 Å². The first-order valence-electron chi connectivity index (χ1n) is 8.22. The summed E-state index contributed by atoms with van der Waals surface area (Å²) in [6, 6.07) is 11.3. The number of anilines is 1. The molecule has 0 aliphatic rings. The van der Waals surface area contributed by atoms with Gasteiger partial charge in [0.15, 0.2) is 6.61 Å². The van der Waals surface area contributed by atoms with Crippen LogP contribution in [0.3, 0.4) is 0 Å². The first kappa shape index (κ1) is 20.5. The van der Waals surface area contributed by atoms with Crippen molar-refractivity contribution in [3.63, 3.8) is 0 Å². The number of hydrogen-bond donors (Lipinski definition) is 1. The molecular weight excluding hydrogens is 359 g/mol. The van der Waals surface area contributed by atoms with Crippen LogP contribution in [0.2, 0.25) is 0 Å². The fraction of sp³-hybridized carbons (Fsp3) is 0.300. The van der Waals surface area contributed by atoms with Gasteiger partial charge in [0, 0.05) is 0 Å². The molecule has 2 aromatic rings. The molecule has 7 heteroatoms. The first-order valence-corrected chi connectivity index (χ1v) is 8.22. The largest absolute Gasteiger partial charge is 0.452 e. The highest BCUT2D eigenvalue weighted by atomic mass is 19.4. The number of carbonyl (C=O) groups is 2. The highest BCUT2D eigenvalue weighted by molar-refractivity contribution is 5.96. The van der Waals surface area contributed by atoms with Gasteiger partial charge in [-0.2, -0.15) is 13.2 Å². The van der Waals surface area contributed by atoms with E-state index in [1.807, 2.05) is 20.8 Å². The molecule has 0 aromatic heterocycles. The van der Waals surface area contributed by atoms with E-state index in [0.717, 1.165) is 17.7 Å². The molecule has 0 aliphatic heterocycles. The van der Waals surface area contributed by atoms with Crippen LogP contribution in [0.1, 0.15) is 42.3 Å². The Balaban J connectivity index is 1.97. The smallest absolute Gasteiger partial charge is 0.418 e. The Labute approximate surface area is 155 Å². The second kappa shape index (κ2) is 7.82. The molecule has 144 valence electrons. The van der Waals surface area contributed by atoms with Crippen LogP contribution in [-0.2, 0) is 21.1 Å². The second-order valence-corrected chi connectivity index (χ2v) is 7.00. The summed E-state index contributed by atoms with van der Waals surface area (Å²) in [6.07, 6.45) is -4.60. The highest BCUT2D eigenvalue weighted by Crippen LogP contribution is 2.34. The normalized spacial score (nSPS) is 11.8. The number of ether oxygens (including phenoxy) is 1. The molecule has 2 aromatic carbocycles. The number of carbonyl (C=O) groups excluding carboxylic acids is 2. The van der Waals surface area contributed by atoms with E-state index in [-0.39, 0.29) is 16.7 Å². The van der Waals surface area contributed by atoms with Crippen molar-refractivity contribution in [2.24, 2.45) is 0 Å². The molecule has 0 bridgehead atoms. The maximum Gasteiger partial charge on any atom is 0.418 e. The quantitative estimate of drug-likeness (QED) is 0.777. The van der Waals surface area contributed by atoms with Crippen molar-refractivity contribution in [1.82, 2.24) is 0 Å². The molecule has 2 rings (SSSR count). The lowest BCUT2D eigenvalue weighted by Gasteiger charge is -2.18. The molecule has 0 fully saturated rings. The standard InChI is InChI=1S/C20H20F3NO3/c1-19(2,3)14-10-8-13(9-11-14)18(26)27-12-17(25)24-16-7-5-4-6-15(16)20(21,22)23/h4-11H,12H2,1-3H3,(H,24,25). The monoisotopic (exact) mass is 379 g/mol. The van der Waals surface area contributed by atoms with Crippen molar-refractivity contribution in [3.8, 4) is 0 Å². The van der Waals surface area contributed by atoms with Gasteiger partial charge in [-0.1, -0.05) is 45.0 Å². The Morgan fingerprint density at radius 2 is 1.56 bits per heavy atom. The minimum atomic E-state index is -4.60. The van der Waals surface area contributed by atoms with E-state index in [1.165, 1.54) is 12.1 Å². The van der Waals surface area contributed by atoms with Crippen LogP contribution in [0, 0.1) is 0 Å². The molecule has 1 amide bonds. The topological polar surface area (TPSA) is 55.4 Å². The Kier molecular flexibility index (Phi) is 5.93. The molecule has 0 saturated heterocycles. The Hall–Kier alpha value is -2.83. The molecule has 0 unspecified atom stereocenters. The summed E-state index contributed by atoms with van der Waals surface area (Å²) in [7, 11) is 0. The van der Waals surface area contributed by atoms with Crippen molar-refractivity contribution in [3.05, 3.63) is 65.2 Å². The molecule has 0 aliphatic carbocycles. The van der Waals surface area contributed by atoms with Gasteiger partial charge in [-0.3, -0.25) is 4.79 Å². The Morgan fingerprint density at radius 3 is 2.11 bits per heavy atom. The van der Waals surface area contributed by atoms with Crippen molar-refractivity contribution in [2.75, 3.05) is 11.9 Å². The summed E-state index contributed by atoms with van der Waals surface area (Å²) in [4.78, 5) is 23.9. The molecular formula is C20H20F3NO3. The summed E-state index contributed by atoms with van der Waals surface area (Å²) in [5, 5.41) is 2.12. The van der Waals surface area contributed by atoms with Gasteiger partial charge in [-0.15, -0.1) is 0 Å². The zero-order valence-corrected chi connectivity index (χ0v) is 15.2. The van der Waals surface area contributed by atoms with E-state index in [1.54, 1.807) is 24.3 Å². The van der Waals surface area contributed by atoms with Gasteiger partial charge in [0.2, 0.25) is 0 Å². The third-order valence-corrected chi connectivity index (χ3v) is 3.83. The molecule has 4 nitrogen and oxygen atoms in total. The average molecular weight is 379 g/mol. The first-order chi connectivity index (χ1) is 12.5. The van der Waals surface area contributed by atoms with Crippen molar-refractivity contribution in [1.29, 1.82) is 0 Å². The molecule has 1 N–H and O–H groups in total. The lowest BCUT2D eigenvalue weighted by Crippen LogP contribution is -2.22. The molecule has 0 atom stereocenters. The fourth-order valence-corrected chi connectivity index (χ4v) is 2.35. The van der Waals surface area contributed by atoms with Crippen molar-refractivity contribution >= 4 is 17.6 Å². The Bertz CT molecular complexity index is 822. The van der Waals surface area contributed by atoms with Crippen LogP contribution in [0.5, 0.6) is 0 Å². The number of halogens is 3. The fourth-order valence-electron chi connectivity index (χ4n) is 2.35. The van der Waals surface area contributed by atoms with Crippen LogP contribution in [0.25, 0.3) is 0 Å². The maximum absolute atomic E-state index is 12.9. The number of para-hydroxylation sites is 1. The van der Waals surface area contributed by atoms with Gasteiger partial charge in [0.25, 0.3) is 5.91 Å². The summed E-state index contributed by atoms with van der Waals surface area (Å²) in [5.74, 6) is -1.58. The highest BCUT2D eigenvalue weighted by Gasteiger charge is 2.33. The summed E-state index contributed by atoms with van der Waals surface area (Å²) in [5.41, 5.74) is -0.149. The summed E-state index contributed by atoms with van der Waals surface area (Å²) >= 11 is 0. The second-order valence-electron chi connectivity index (χ2n) is 7.00. The number of esters is 1. The summed E-state index contributed by atoms with van der Waals surface area (Å²) in [6.45, 7) is 5.41. The minimum absolute atomic E-state index is 0.0752. The van der Waals surface area contributed by atoms with Gasteiger partial charge in [-0.05, 0) is 35.2 Å². The lowest BCUT2D eigenvalue weighted by molar-refractivity contribution is -0.137. The van der Waals surface area contributed by atoms with Crippen LogP contribution in [0.4, 0.5) is 18.9 Å². The van der Waals surface area contributed by atoms with Gasteiger partial charge in [0.05, 0.1) is 16.8 Å². The summed E-state index contributed by atoms with van der Waals surface area (Å²) < 4.78 is 43.6. The predicted octanol–water partition coefficient (Wildman–Crippen LogP) is 4.80. The number of amides is 1. The van der Waals surface area contributed by atoms with Crippen LogP contribution in [0.15, 0.2) is 48.5 Å². The molecule has 27 heavy (non-hydrogen) atoms. The van der Waals surface area contributed by atoms with E-state index < -0.39 is 30.2 Å². The number of rotatable bonds is 4. The van der Waals surface area contributed by atoms with Gasteiger partial charge in [-0.25, -0.2) is 4.79 Å². The number of alkyl halides is 3. The van der Waals surface area contributed by atoms with Gasteiger partial charge >= 0.3 is 12.1 Å². The zero-order chi connectivity index (χ0) is 20.2. The van der Waals surface area contributed by atoms with E-state index in [0.29, 0.717) is 0 Å². The number of nitrogens with one attached hydrogen (secondary N) is 1. The van der Waals surface area contributed by atoms with Gasteiger partial charge < -0.3 is 10.1 Å². The Morgan fingerprint density at radius 1 is 0.963 bits per heavy atom. The van der Waals surface area contributed by atoms with Crippen LogP contribution >= 0.6 is 0 Å².